The maximum Gasteiger partial charge on any atom is 0.111 e. The molecule has 1 aromatic carbocycles. The quantitative estimate of drug-likeness (QED) is 0.536. The first-order valence-corrected chi connectivity index (χ1v) is 8.29. The number of aromatic nitrogens is 2. The number of benzene rings is 1. The number of para-hydroxylation sites is 1. The number of rotatable bonds is 8. The normalized spacial score (nSPS) is 11.7. The lowest BCUT2D eigenvalue weighted by molar-refractivity contribution is 0.0754. The van der Waals surface area contributed by atoms with Gasteiger partial charge in [-0.2, -0.15) is 0 Å². The predicted octanol–water partition coefficient (Wildman–Crippen LogP) is 4.33. The molecule has 0 saturated carbocycles. The van der Waals surface area contributed by atoms with Gasteiger partial charge in [-0.3, -0.25) is 0 Å². The number of halogens is 1. The number of fused-ring (bicyclic) bond motifs is 1. The maximum atomic E-state index is 5.92. The summed E-state index contributed by atoms with van der Waals surface area (Å²) < 4.78 is 7.94. The summed E-state index contributed by atoms with van der Waals surface area (Å²) >= 11 is 5.92. The van der Waals surface area contributed by atoms with Gasteiger partial charge in [-0.1, -0.05) is 12.1 Å². The first-order valence-electron chi connectivity index (χ1n) is 7.75. The SMILES string of the molecule is Cc1cccc2nc(CCCl)n(CCCCOC(C)C)c12. The van der Waals surface area contributed by atoms with E-state index in [1.165, 1.54) is 11.1 Å². The summed E-state index contributed by atoms with van der Waals surface area (Å²) in [7, 11) is 0. The molecule has 0 radical (unpaired) electrons. The predicted molar refractivity (Wildman–Crippen MR) is 89.2 cm³/mol. The van der Waals surface area contributed by atoms with Gasteiger partial charge in [0.1, 0.15) is 5.82 Å². The Balaban J connectivity index is 2.10. The Morgan fingerprint density at radius 2 is 2.10 bits per heavy atom. The van der Waals surface area contributed by atoms with Crippen molar-refractivity contribution in [2.75, 3.05) is 12.5 Å². The van der Waals surface area contributed by atoms with Crippen molar-refractivity contribution in [1.29, 1.82) is 0 Å². The van der Waals surface area contributed by atoms with E-state index in [1.807, 2.05) is 0 Å². The minimum atomic E-state index is 0.313. The average Bonchev–Trinajstić information content (AvgIpc) is 2.78. The zero-order valence-corrected chi connectivity index (χ0v) is 14.0. The summed E-state index contributed by atoms with van der Waals surface area (Å²) in [5, 5.41) is 0. The van der Waals surface area contributed by atoms with Gasteiger partial charge in [0.2, 0.25) is 0 Å². The molecule has 0 aliphatic carbocycles. The van der Waals surface area contributed by atoms with Crippen molar-refractivity contribution in [2.24, 2.45) is 0 Å². The molecule has 0 aliphatic rings. The second-order valence-electron chi connectivity index (χ2n) is 5.69. The van der Waals surface area contributed by atoms with Crippen molar-refractivity contribution in [3.63, 3.8) is 0 Å². The summed E-state index contributed by atoms with van der Waals surface area (Å²) in [5.74, 6) is 1.71. The van der Waals surface area contributed by atoms with Crippen LogP contribution in [0.15, 0.2) is 18.2 Å². The van der Waals surface area contributed by atoms with Gasteiger partial charge in [0, 0.05) is 25.5 Å². The Bertz CT molecular complexity index is 577. The lowest BCUT2D eigenvalue weighted by Crippen LogP contribution is -2.08. The van der Waals surface area contributed by atoms with Gasteiger partial charge >= 0.3 is 0 Å². The Labute approximate surface area is 132 Å². The van der Waals surface area contributed by atoms with Crippen molar-refractivity contribution in [3.8, 4) is 0 Å². The first-order chi connectivity index (χ1) is 10.1. The fourth-order valence-electron chi connectivity index (χ4n) is 2.62. The Morgan fingerprint density at radius 1 is 1.29 bits per heavy atom. The van der Waals surface area contributed by atoms with Gasteiger partial charge in [0.05, 0.1) is 17.1 Å². The fourth-order valence-corrected chi connectivity index (χ4v) is 2.79. The third-order valence-electron chi connectivity index (χ3n) is 3.59. The highest BCUT2D eigenvalue weighted by atomic mass is 35.5. The van der Waals surface area contributed by atoms with Gasteiger partial charge in [0.15, 0.2) is 0 Å². The van der Waals surface area contributed by atoms with Crippen LogP contribution in [-0.2, 0) is 17.7 Å². The largest absolute Gasteiger partial charge is 0.379 e. The van der Waals surface area contributed by atoms with E-state index in [0.29, 0.717) is 12.0 Å². The average molecular weight is 309 g/mol. The smallest absolute Gasteiger partial charge is 0.111 e. The van der Waals surface area contributed by atoms with E-state index in [4.69, 9.17) is 21.3 Å². The van der Waals surface area contributed by atoms with Crippen LogP contribution in [0.3, 0.4) is 0 Å². The van der Waals surface area contributed by atoms with Crippen LogP contribution in [0.25, 0.3) is 11.0 Å². The molecule has 4 heteroatoms. The van der Waals surface area contributed by atoms with Gasteiger partial charge in [-0.15, -0.1) is 11.6 Å². The van der Waals surface area contributed by atoms with Crippen molar-refractivity contribution >= 4 is 22.6 Å². The number of ether oxygens (including phenoxy) is 1. The van der Waals surface area contributed by atoms with E-state index >= 15 is 0 Å². The minimum Gasteiger partial charge on any atom is -0.379 e. The summed E-state index contributed by atoms with van der Waals surface area (Å²) in [5.41, 5.74) is 3.61. The Morgan fingerprint density at radius 3 is 2.81 bits per heavy atom. The minimum absolute atomic E-state index is 0.313. The molecule has 0 unspecified atom stereocenters. The summed E-state index contributed by atoms with van der Waals surface area (Å²) in [6.45, 7) is 8.10. The number of unbranched alkanes of at least 4 members (excludes halogenated alkanes) is 1. The molecule has 0 aliphatic heterocycles. The highest BCUT2D eigenvalue weighted by Crippen LogP contribution is 2.21. The molecule has 116 valence electrons. The van der Waals surface area contributed by atoms with E-state index in [2.05, 4.69) is 43.5 Å². The van der Waals surface area contributed by atoms with Crippen molar-refractivity contribution in [2.45, 2.75) is 52.7 Å². The molecule has 0 atom stereocenters. The monoisotopic (exact) mass is 308 g/mol. The van der Waals surface area contributed by atoms with Crippen molar-refractivity contribution in [1.82, 2.24) is 9.55 Å². The molecule has 2 rings (SSSR count). The topological polar surface area (TPSA) is 27.1 Å². The molecule has 0 spiro atoms. The van der Waals surface area contributed by atoms with Crippen LogP contribution < -0.4 is 0 Å². The molecule has 1 heterocycles. The van der Waals surface area contributed by atoms with Gasteiger partial charge in [-0.25, -0.2) is 4.98 Å². The van der Waals surface area contributed by atoms with E-state index < -0.39 is 0 Å². The molecule has 0 N–H and O–H groups in total. The number of alkyl halides is 1. The summed E-state index contributed by atoms with van der Waals surface area (Å²) in [4.78, 5) is 4.74. The van der Waals surface area contributed by atoms with Crippen LogP contribution in [0, 0.1) is 6.92 Å². The number of hydrogen-bond donors (Lipinski definition) is 0. The Hall–Kier alpha value is -1.06. The zero-order chi connectivity index (χ0) is 15.2. The van der Waals surface area contributed by atoms with Crippen LogP contribution in [0.2, 0.25) is 0 Å². The van der Waals surface area contributed by atoms with E-state index in [1.54, 1.807) is 0 Å². The third kappa shape index (κ3) is 4.21. The molecule has 0 fully saturated rings. The fraction of sp³-hybridized carbons (Fsp3) is 0.588. The lowest BCUT2D eigenvalue weighted by Gasteiger charge is -2.11. The second kappa shape index (κ2) is 7.81. The second-order valence-corrected chi connectivity index (χ2v) is 6.07. The van der Waals surface area contributed by atoms with Crippen molar-refractivity contribution in [3.05, 3.63) is 29.6 Å². The van der Waals surface area contributed by atoms with Crippen LogP contribution in [0.5, 0.6) is 0 Å². The van der Waals surface area contributed by atoms with Crippen LogP contribution in [-0.4, -0.2) is 28.1 Å². The van der Waals surface area contributed by atoms with Crippen LogP contribution in [0.1, 0.15) is 38.1 Å². The number of aryl methyl sites for hydroxylation is 3. The van der Waals surface area contributed by atoms with Crippen LogP contribution in [0.4, 0.5) is 0 Å². The van der Waals surface area contributed by atoms with Gasteiger partial charge < -0.3 is 9.30 Å². The highest BCUT2D eigenvalue weighted by molar-refractivity contribution is 6.17. The molecular weight excluding hydrogens is 284 g/mol. The molecular formula is C17H25ClN2O. The summed E-state index contributed by atoms with van der Waals surface area (Å²) in [6.07, 6.45) is 3.30. The molecule has 3 nitrogen and oxygen atoms in total. The Kier molecular flexibility index (Phi) is 6.07. The number of hydrogen-bond acceptors (Lipinski definition) is 2. The number of nitrogens with zero attached hydrogens (tertiary/aromatic N) is 2. The first kappa shape index (κ1) is 16.3. The molecule has 1 aromatic heterocycles. The summed E-state index contributed by atoms with van der Waals surface area (Å²) in [6, 6.07) is 6.29. The molecule has 21 heavy (non-hydrogen) atoms. The number of imidazole rings is 1. The molecule has 2 aromatic rings. The maximum absolute atomic E-state index is 5.92. The third-order valence-corrected chi connectivity index (χ3v) is 3.78. The lowest BCUT2D eigenvalue weighted by atomic mass is 10.2. The van der Waals surface area contributed by atoms with E-state index in [0.717, 1.165) is 43.8 Å². The van der Waals surface area contributed by atoms with Crippen LogP contribution >= 0.6 is 11.6 Å². The van der Waals surface area contributed by atoms with E-state index in [-0.39, 0.29) is 0 Å². The highest BCUT2D eigenvalue weighted by Gasteiger charge is 2.11. The van der Waals surface area contributed by atoms with Crippen molar-refractivity contribution < 1.29 is 4.74 Å². The zero-order valence-electron chi connectivity index (χ0n) is 13.2. The molecule has 0 saturated heterocycles. The molecule has 0 bridgehead atoms. The van der Waals surface area contributed by atoms with Gasteiger partial charge in [0.25, 0.3) is 0 Å². The standard InChI is InChI=1S/C17H25ClN2O/c1-13(2)21-12-5-4-11-20-16(9-10-18)19-15-8-6-7-14(3)17(15)20/h6-8,13H,4-5,9-12H2,1-3H3. The van der Waals surface area contributed by atoms with Gasteiger partial charge in [-0.05, 0) is 45.2 Å². The van der Waals surface area contributed by atoms with E-state index in [9.17, 15) is 0 Å². The molecule has 0 amide bonds.